The van der Waals surface area contributed by atoms with E-state index in [0.29, 0.717) is 6.42 Å². The predicted octanol–water partition coefficient (Wildman–Crippen LogP) is 2.06. The molecule has 3 rings (SSSR count). The summed E-state index contributed by atoms with van der Waals surface area (Å²) in [7, 11) is 3.79. The Morgan fingerprint density at radius 2 is 2.00 bits per heavy atom. The Morgan fingerprint density at radius 1 is 1.23 bits per heavy atom. The predicted molar refractivity (Wildman–Crippen MR) is 87.3 cm³/mol. The summed E-state index contributed by atoms with van der Waals surface area (Å²) >= 11 is 0. The highest BCUT2D eigenvalue weighted by molar-refractivity contribution is 5.83. The number of pyridine rings is 1. The normalized spacial score (nSPS) is 15.8. The van der Waals surface area contributed by atoms with Crippen LogP contribution in [0.2, 0.25) is 0 Å². The van der Waals surface area contributed by atoms with Gasteiger partial charge in [0.1, 0.15) is 11.6 Å². The van der Waals surface area contributed by atoms with Crippen LogP contribution in [0.25, 0.3) is 10.9 Å². The summed E-state index contributed by atoms with van der Waals surface area (Å²) in [5.74, 6) is 1.74. The molecule has 22 heavy (non-hydrogen) atoms. The minimum absolute atomic E-state index is 0.386. The minimum Gasteiger partial charge on any atom is -0.497 e. The van der Waals surface area contributed by atoms with Crippen LogP contribution in [0.5, 0.6) is 5.75 Å². The Bertz CT molecular complexity index is 714. The van der Waals surface area contributed by atoms with Crippen LogP contribution < -0.4 is 9.64 Å². The number of ether oxygens (including phenoxy) is 1. The summed E-state index contributed by atoms with van der Waals surface area (Å²) in [5, 5.41) is 10.2. The summed E-state index contributed by atoms with van der Waals surface area (Å²) in [6.45, 7) is 3.92. The molecule has 1 fully saturated rings. The van der Waals surface area contributed by atoms with E-state index in [9.17, 15) is 0 Å². The number of benzene rings is 1. The molecule has 0 amide bonds. The highest BCUT2D eigenvalue weighted by atomic mass is 16.5. The third kappa shape index (κ3) is 2.83. The molecule has 0 aliphatic carbocycles. The van der Waals surface area contributed by atoms with Gasteiger partial charge in [-0.3, -0.25) is 0 Å². The molecular formula is C17H20N4O. The SMILES string of the molecule is COc1ccc2cc(CC#N)c(N3CCN(C)CC3)nc2c1. The molecule has 5 nitrogen and oxygen atoms in total. The number of likely N-dealkylation sites (N-methyl/N-ethyl adjacent to an activating group) is 1. The highest BCUT2D eigenvalue weighted by Crippen LogP contribution is 2.27. The number of nitrogens with zero attached hydrogens (tertiary/aromatic N) is 4. The zero-order chi connectivity index (χ0) is 15.5. The van der Waals surface area contributed by atoms with Gasteiger partial charge in [-0.25, -0.2) is 4.98 Å². The molecule has 0 saturated carbocycles. The second-order valence-electron chi connectivity index (χ2n) is 5.65. The van der Waals surface area contributed by atoms with Gasteiger partial charge in [0.15, 0.2) is 0 Å². The second-order valence-corrected chi connectivity index (χ2v) is 5.65. The maximum Gasteiger partial charge on any atom is 0.133 e. The van der Waals surface area contributed by atoms with Crippen molar-refractivity contribution < 1.29 is 4.74 Å². The summed E-state index contributed by atoms with van der Waals surface area (Å²) in [4.78, 5) is 9.42. The van der Waals surface area contributed by atoms with Crippen LogP contribution in [0.1, 0.15) is 5.56 Å². The lowest BCUT2D eigenvalue weighted by molar-refractivity contribution is 0.312. The standard InChI is InChI=1S/C17H20N4O/c1-20-7-9-21(10-8-20)17-14(5-6-18)11-13-3-4-15(22-2)12-16(13)19-17/h3-4,11-12H,5,7-10H2,1-2H3. The Balaban J connectivity index is 2.05. The molecule has 1 aromatic heterocycles. The van der Waals surface area contributed by atoms with Crippen LogP contribution in [0.3, 0.4) is 0 Å². The van der Waals surface area contributed by atoms with Crippen molar-refractivity contribution in [3.8, 4) is 11.8 Å². The maximum absolute atomic E-state index is 9.11. The lowest BCUT2D eigenvalue weighted by atomic mass is 10.1. The number of aromatic nitrogens is 1. The van der Waals surface area contributed by atoms with Crippen LogP contribution >= 0.6 is 0 Å². The van der Waals surface area contributed by atoms with E-state index in [0.717, 1.165) is 54.2 Å². The summed E-state index contributed by atoms with van der Waals surface area (Å²) in [5.41, 5.74) is 1.92. The molecule has 1 aliphatic rings. The molecule has 0 unspecified atom stereocenters. The van der Waals surface area contributed by atoms with Gasteiger partial charge in [-0.05, 0) is 25.2 Å². The number of hydrogen-bond acceptors (Lipinski definition) is 5. The van der Waals surface area contributed by atoms with Crippen LogP contribution in [-0.2, 0) is 6.42 Å². The molecule has 2 heterocycles. The van der Waals surface area contributed by atoms with Crippen molar-refractivity contribution >= 4 is 16.7 Å². The Kier molecular flexibility index (Phi) is 4.12. The van der Waals surface area contributed by atoms with E-state index >= 15 is 0 Å². The molecule has 0 atom stereocenters. The van der Waals surface area contributed by atoms with Gasteiger partial charge in [-0.1, -0.05) is 0 Å². The number of fused-ring (bicyclic) bond motifs is 1. The first-order chi connectivity index (χ1) is 10.7. The summed E-state index contributed by atoms with van der Waals surface area (Å²) in [6, 6.07) is 10.2. The van der Waals surface area contributed by atoms with E-state index in [2.05, 4.69) is 29.0 Å². The average Bonchev–Trinajstić information content (AvgIpc) is 2.55. The van der Waals surface area contributed by atoms with Crippen LogP contribution in [0.4, 0.5) is 5.82 Å². The van der Waals surface area contributed by atoms with Gasteiger partial charge in [-0.15, -0.1) is 0 Å². The van der Waals surface area contributed by atoms with Crippen molar-refractivity contribution in [2.45, 2.75) is 6.42 Å². The molecule has 114 valence electrons. The van der Waals surface area contributed by atoms with Crippen molar-refractivity contribution in [3.05, 3.63) is 29.8 Å². The fourth-order valence-electron chi connectivity index (χ4n) is 2.81. The zero-order valence-corrected chi connectivity index (χ0v) is 13.0. The number of nitriles is 1. The number of methoxy groups -OCH3 is 1. The third-order valence-electron chi connectivity index (χ3n) is 4.15. The lowest BCUT2D eigenvalue weighted by Crippen LogP contribution is -2.45. The fraction of sp³-hybridized carbons (Fsp3) is 0.412. The molecule has 1 aromatic carbocycles. The van der Waals surface area contributed by atoms with Crippen molar-refractivity contribution in [1.29, 1.82) is 5.26 Å². The van der Waals surface area contributed by atoms with Crippen molar-refractivity contribution in [2.75, 3.05) is 45.2 Å². The van der Waals surface area contributed by atoms with Crippen LogP contribution in [0.15, 0.2) is 24.3 Å². The first-order valence-electron chi connectivity index (χ1n) is 7.49. The molecule has 1 aliphatic heterocycles. The molecule has 0 radical (unpaired) electrons. The number of anilines is 1. The maximum atomic E-state index is 9.11. The number of rotatable bonds is 3. The van der Waals surface area contributed by atoms with Crippen LogP contribution in [0, 0.1) is 11.3 Å². The third-order valence-corrected chi connectivity index (χ3v) is 4.15. The van der Waals surface area contributed by atoms with Gasteiger partial charge >= 0.3 is 0 Å². The molecule has 0 spiro atoms. The topological polar surface area (TPSA) is 52.4 Å². The largest absolute Gasteiger partial charge is 0.497 e. The van der Waals surface area contributed by atoms with Gasteiger partial charge < -0.3 is 14.5 Å². The van der Waals surface area contributed by atoms with E-state index in [-0.39, 0.29) is 0 Å². The highest BCUT2D eigenvalue weighted by Gasteiger charge is 2.19. The van der Waals surface area contributed by atoms with Gasteiger partial charge in [0.2, 0.25) is 0 Å². The van der Waals surface area contributed by atoms with Crippen molar-refractivity contribution in [3.63, 3.8) is 0 Å². The Hall–Kier alpha value is -2.32. The molecule has 1 saturated heterocycles. The second kappa shape index (κ2) is 6.20. The van der Waals surface area contributed by atoms with Gasteiger partial charge in [0.25, 0.3) is 0 Å². The molecular weight excluding hydrogens is 276 g/mol. The molecule has 5 heteroatoms. The van der Waals surface area contributed by atoms with Crippen molar-refractivity contribution in [2.24, 2.45) is 0 Å². The minimum atomic E-state index is 0.386. The molecule has 2 aromatic rings. The lowest BCUT2D eigenvalue weighted by Gasteiger charge is -2.34. The Morgan fingerprint density at radius 3 is 2.68 bits per heavy atom. The Labute approximate surface area is 130 Å². The van der Waals surface area contributed by atoms with E-state index in [1.54, 1.807) is 7.11 Å². The van der Waals surface area contributed by atoms with E-state index < -0.39 is 0 Å². The fourth-order valence-corrected chi connectivity index (χ4v) is 2.81. The number of hydrogen-bond donors (Lipinski definition) is 0. The summed E-state index contributed by atoms with van der Waals surface area (Å²) in [6.07, 6.45) is 0.386. The summed E-state index contributed by atoms with van der Waals surface area (Å²) < 4.78 is 5.29. The van der Waals surface area contributed by atoms with Gasteiger partial charge in [-0.2, -0.15) is 5.26 Å². The smallest absolute Gasteiger partial charge is 0.133 e. The number of piperazine rings is 1. The monoisotopic (exact) mass is 296 g/mol. The van der Waals surface area contributed by atoms with Crippen LogP contribution in [-0.4, -0.2) is 50.2 Å². The van der Waals surface area contributed by atoms with E-state index in [1.165, 1.54) is 0 Å². The van der Waals surface area contributed by atoms with E-state index in [1.807, 2.05) is 18.2 Å². The quantitative estimate of drug-likeness (QED) is 0.868. The van der Waals surface area contributed by atoms with E-state index in [4.69, 9.17) is 15.0 Å². The van der Waals surface area contributed by atoms with Gasteiger partial charge in [0, 0.05) is 43.2 Å². The van der Waals surface area contributed by atoms with Crippen molar-refractivity contribution in [1.82, 2.24) is 9.88 Å². The first-order valence-corrected chi connectivity index (χ1v) is 7.49. The molecule has 0 bridgehead atoms. The first kappa shape index (κ1) is 14.6. The molecule has 0 N–H and O–H groups in total. The zero-order valence-electron chi connectivity index (χ0n) is 13.0. The average molecular weight is 296 g/mol. The van der Waals surface area contributed by atoms with Gasteiger partial charge in [0.05, 0.1) is 25.1 Å².